The van der Waals surface area contributed by atoms with E-state index in [1.807, 2.05) is 0 Å². The highest BCUT2D eigenvalue weighted by atomic mass is 16.1. The van der Waals surface area contributed by atoms with Gasteiger partial charge in [-0.25, -0.2) is 4.99 Å². The molecule has 0 rings (SSSR count). The van der Waals surface area contributed by atoms with Crippen LogP contribution in [0.3, 0.4) is 0 Å². The number of rotatable bonds is 14. The quantitative estimate of drug-likeness (QED) is 0.386. The lowest BCUT2D eigenvalue weighted by Gasteiger charge is -2.00. The van der Waals surface area contributed by atoms with Gasteiger partial charge < -0.3 is 5.73 Å². The average molecular weight is 296 g/mol. The molecule has 4 heteroatoms. The number of primary amides is 1. The first-order valence-electron chi connectivity index (χ1n) is 8.50. The van der Waals surface area contributed by atoms with Crippen LogP contribution in [0, 0.1) is 0 Å². The van der Waals surface area contributed by atoms with Gasteiger partial charge in [-0.3, -0.25) is 9.59 Å². The second-order valence-electron chi connectivity index (χ2n) is 5.64. The van der Waals surface area contributed by atoms with Gasteiger partial charge in [0.1, 0.15) is 0 Å². The van der Waals surface area contributed by atoms with E-state index in [0.717, 1.165) is 51.4 Å². The van der Waals surface area contributed by atoms with Crippen LogP contribution in [0.4, 0.5) is 0 Å². The summed E-state index contributed by atoms with van der Waals surface area (Å²) >= 11 is 0. The topological polar surface area (TPSA) is 72.5 Å². The summed E-state index contributed by atoms with van der Waals surface area (Å²) in [4.78, 5) is 26.0. The van der Waals surface area contributed by atoms with Crippen molar-refractivity contribution in [2.24, 2.45) is 10.7 Å². The second-order valence-corrected chi connectivity index (χ2v) is 5.64. The smallest absolute Gasteiger partial charge is 0.245 e. The minimum Gasteiger partial charge on any atom is -0.370 e. The molecule has 0 aromatic rings. The Hall–Kier alpha value is -1.19. The Kier molecular flexibility index (Phi) is 14.3. The molecule has 2 N–H and O–H groups in total. The molecule has 0 aromatic heterocycles. The van der Waals surface area contributed by atoms with Crippen molar-refractivity contribution in [1.29, 1.82) is 0 Å². The fraction of sp³-hybridized carbons (Fsp3) is 0.824. The Morgan fingerprint density at radius 1 is 0.857 bits per heavy atom. The molecule has 0 saturated heterocycles. The van der Waals surface area contributed by atoms with Crippen LogP contribution in [-0.2, 0) is 9.59 Å². The molecule has 122 valence electrons. The maximum absolute atomic E-state index is 11.5. The number of amides is 2. The number of hydrogen-bond acceptors (Lipinski definition) is 2. The highest BCUT2D eigenvalue weighted by Gasteiger charge is 1.99. The van der Waals surface area contributed by atoms with E-state index in [2.05, 4.69) is 11.9 Å². The first kappa shape index (κ1) is 19.8. The van der Waals surface area contributed by atoms with E-state index in [9.17, 15) is 9.59 Å². The Morgan fingerprint density at radius 3 is 2.05 bits per heavy atom. The lowest BCUT2D eigenvalue weighted by molar-refractivity contribution is -0.118. The van der Waals surface area contributed by atoms with Crippen LogP contribution < -0.4 is 5.73 Å². The third-order valence-corrected chi connectivity index (χ3v) is 3.49. The van der Waals surface area contributed by atoms with Crippen LogP contribution >= 0.6 is 0 Å². The average Bonchev–Trinajstić information content (AvgIpc) is 2.45. The molecule has 0 heterocycles. The summed E-state index contributed by atoms with van der Waals surface area (Å²) in [6, 6.07) is 0. The molecular formula is C17H32N2O2. The molecule has 0 spiro atoms. The van der Waals surface area contributed by atoms with Gasteiger partial charge >= 0.3 is 0 Å². The van der Waals surface area contributed by atoms with Crippen molar-refractivity contribution in [3.05, 3.63) is 0 Å². The molecule has 21 heavy (non-hydrogen) atoms. The molecule has 0 unspecified atom stereocenters. The van der Waals surface area contributed by atoms with Crippen LogP contribution in [0.15, 0.2) is 4.99 Å². The standard InChI is InChI=1S/C17H32N2O2/c1-2-3-4-9-12-15-19-17(21)14-11-8-6-5-7-10-13-16(18)20/h15H,2-14H2,1H3,(H2,18,20). The largest absolute Gasteiger partial charge is 0.370 e. The zero-order valence-corrected chi connectivity index (χ0v) is 13.6. The van der Waals surface area contributed by atoms with Gasteiger partial charge in [-0.1, -0.05) is 51.9 Å². The number of hydrogen-bond donors (Lipinski definition) is 1. The number of carbonyl (C=O) groups is 2. The number of nitrogens with two attached hydrogens (primary N) is 1. The maximum atomic E-state index is 11.5. The molecule has 4 nitrogen and oxygen atoms in total. The van der Waals surface area contributed by atoms with Crippen molar-refractivity contribution in [3.8, 4) is 0 Å². The summed E-state index contributed by atoms with van der Waals surface area (Å²) in [5.41, 5.74) is 5.07. The second kappa shape index (κ2) is 15.2. The van der Waals surface area contributed by atoms with Crippen LogP contribution in [0.5, 0.6) is 0 Å². The fourth-order valence-electron chi connectivity index (χ4n) is 2.18. The SMILES string of the molecule is CCCCCCC=NC(=O)CCCCCCCCC(N)=O. The molecule has 0 aliphatic rings. The summed E-state index contributed by atoms with van der Waals surface area (Å²) in [6.45, 7) is 2.19. The predicted octanol–water partition coefficient (Wildman–Crippen LogP) is 4.16. The summed E-state index contributed by atoms with van der Waals surface area (Å²) in [7, 11) is 0. The lowest BCUT2D eigenvalue weighted by Crippen LogP contribution is -2.09. The van der Waals surface area contributed by atoms with Gasteiger partial charge in [0.25, 0.3) is 0 Å². The minimum absolute atomic E-state index is 0.0132. The predicted molar refractivity (Wildman–Crippen MR) is 88.4 cm³/mol. The zero-order valence-electron chi connectivity index (χ0n) is 13.6. The minimum atomic E-state index is -0.215. The molecule has 0 aliphatic heterocycles. The van der Waals surface area contributed by atoms with Gasteiger partial charge in [0.2, 0.25) is 11.8 Å². The normalized spacial score (nSPS) is 11.1. The van der Waals surface area contributed by atoms with Crippen molar-refractivity contribution in [2.75, 3.05) is 0 Å². The third kappa shape index (κ3) is 16.8. The van der Waals surface area contributed by atoms with Gasteiger partial charge in [0.15, 0.2) is 0 Å². The first-order chi connectivity index (χ1) is 10.2. The Balaban J connectivity index is 3.29. The molecule has 0 atom stereocenters. The van der Waals surface area contributed by atoms with E-state index in [1.165, 1.54) is 19.3 Å². The molecule has 0 saturated carbocycles. The molecule has 0 aliphatic carbocycles. The maximum Gasteiger partial charge on any atom is 0.245 e. The summed E-state index contributed by atoms with van der Waals surface area (Å²) in [6.07, 6.45) is 14.8. The fourth-order valence-corrected chi connectivity index (χ4v) is 2.18. The van der Waals surface area contributed by atoms with Crippen molar-refractivity contribution in [2.45, 2.75) is 90.4 Å². The summed E-state index contributed by atoms with van der Waals surface area (Å²) < 4.78 is 0. The first-order valence-corrected chi connectivity index (χ1v) is 8.50. The van der Waals surface area contributed by atoms with Crippen molar-refractivity contribution in [1.82, 2.24) is 0 Å². The Morgan fingerprint density at radius 2 is 1.43 bits per heavy atom. The molecular weight excluding hydrogens is 264 g/mol. The van der Waals surface area contributed by atoms with Gasteiger partial charge in [-0.2, -0.15) is 0 Å². The monoisotopic (exact) mass is 296 g/mol. The molecule has 0 aromatic carbocycles. The Labute approximate surface area is 129 Å². The van der Waals surface area contributed by atoms with E-state index in [4.69, 9.17) is 5.73 Å². The van der Waals surface area contributed by atoms with Gasteiger partial charge in [-0.15, -0.1) is 0 Å². The summed E-state index contributed by atoms with van der Waals surface area (Å²) in [5, 5.41) is 0. The van der Waals surface area contributed by atoms with Crippen LogP contribution in [0.1, 0.15) is 90.4 Å². The highest BCUT2D eigenvalue weighted by molar-refractivity contribution is 5.84. The van der Waals surface area contributed by atoms with E-state index in [-0.39, 0.29) is 11.8 Å². The van der Waals surface area contributed by atoms with Crippen molar-refractivity contribution >= 4 is 18.0 Å². The van der Waals surface area contributed by atoms with E-state index >= 15 is 0 Å². The third-order valence-electron chi connectivity index (χ3n) is 3.49. The Bertz CT molecular complexity index is 301. The van der Waals surface area contributed by atoms with Crippen LogP contribution in [0.25, 0.3) is 0 Å². The number of carbonyl (C=O) groups excluding carboxylic acids is 2. The van der Waals surface area contributed by atoms with Crippen molar-refractivity contribution < 1.29 is 9.59 Å². The van der Waals surface area contributed by atoms with Gasteiger partial charge in [0.05, 0.1) is 0 Å². The molecule has 0 radical (unpaired) electrons. The van der Waals surface area contributed by atoms with Crippen molar-refractivity contribution in [3.63, 3.8) is 0 Å². The van der Waals surface area contributed by atoms with E-state index < -0.39 is 0 Å². The van der Waals surface area contributed by atoms with Crippen LogP contribution in [0.2, 0.25) is 0 Å². The van der Waals surface area contributed by atoms with E-state index in [0.29, 0.717) is 12.8 Å². The summed E-state index contributed by atoms with van der Waals surface area (Å²) in [5.74, 6) is -0.202. The van der Waals surface area contributed by atoms with Crippen LogP contribution in [-0.4, -0.2) is 18.0 Å². The molecule has 0 bridgehead atoms. The molecule has 2 amide bonds. The lowest BCUT2D eigenvalue weighted by atomic mass is 10.1. The zero-order chi connectivity index (χ0) is 15.8. The van der Waals surface area contributed by atoms with E-state index in [1.54, 1.807) is 6.21 Å². The molecule has 0 fully saturated rings. The van der Waals surface area contributed by atoms with Gasteiger partial charge in [-0.05, 0) is 25.7 Å². The number of unbranched alkanes of at least 4 members (excludes halogenated alkanes) is 9. The highest BCUT2D eigenvalue weighted by Crippen LogP contribution is 2.09. The van der Waals surface area contributed by atoms with Gasteiger partial charge in [0, 0.05) is 19.1 Å². The number of nitrogens with zero attached hydrogens (tertiary/aromatic N) is 1. The number of aliphatic imine (C=N–C) groups is 1.